The summed E-state index contributed by atoms with van der Waals surface area (Å²) in [6, 6.07) is 22.8. The highest BCUT2D eigenvalue weighted by Gasteiger charge is 2.11. The maximum Gasteiger partial charge on any atom is 0.255 e. The van der Waals surface area contributed by atoms with Crippen molar-refractivity contribution in [3.05, 3.63) is 95.1 Å². The molecule has 3 rings (SSSR count). The lowest BCUT2D eigenvalue weighted by Gasteiger charge is -2.10. The van der Waals surface area contributed by atoms with Gasteiger partial charge in [0.15, 0.2) is 0 Å². The van der Waals surface area contributed by atoms with Crippen LogP contribution in [0, 0.1) is 11.3 Å². The van der Waals surface area contributed by atoms with Gasteiger partial charge in [-0.15, -0.1) is 0 Å². The Labute approximate surface area is 175 Å². The third-order valence-electron chi connectivity index (χ3n) is 4.51. The van der Waals surface area contributed by atoms with Crippen molar-refractivity contribution in [2.24, 2.45) is 0 Å². The molecule has 0 bridgehead atoms. The third kappa shape index (κ3) is 5.24. The Balaban J connectivity index is 1.62. The van der Waals surface area contributed by atoms with Crippen molar-refractivity contribution in [1.29, 1.82) is 5.26 Å². The summed E-state index contributed by atoms with van der Waals surface area (Å²) in [5.74, 6) is 0.172. The molecule has 3 aromatic rings. The van der Waals surface area contributed by atoms with Crippen LogP contribution >= 0.6 is 0 Å². The number of carbonyl (C=O) groups excluding carboxylic acids is 2. The van der Waals surface area contributed by atoms with Crippen LogP contribution in [0.1, 0.15) is 31.8 Å². The van der Waals surface area contributed by atoms with Crippen LogP contribution in [-0.2, 0) is 6.42 Å². The first-order valence-electron chi connectivity index (χ1n) is 9.42. The van der Waals surface area contributed by atoms with E-state index in [0.717, 1.165) is 11.3 Å². The summed E-state index contributed by atoms with van der Waals surface area (Å²) >= 11 is 0. The van der Waals surface area contributed by atoms with E-state index in [0.29, 0.717) is 35.3 Å². The van der Waals surface area contributed by atoms with E-state index in [4.69, 9.17) is 10.00 Å². The van der Waals surface area contributed by atoms with Crippen LogP contribution in [0.4, 0.5) is 5.69 Å². The summed E-state index contributed by atoms with van der Waals surface area (Å²) in [7, 11) is 1.62. The zero-order chi connectivity index (χ0) is 21.3. The number of anilines is 1. The highest BCUT2D eigenvalue weighted by Crippen LogP contribution is 2.17. The fourth-order valence-corrected chi connectivity index (χ4v) is 2.99. The van der Waals surface area contributed by atoms with Gasteiger partial charge in [-0.1, -0.05) is 30.3 Å². The van der Waals surface area contributed by atoms with Crippen LogP contribution in [0.25, 0.3) is 0 Å². The molecule has 150 valence electrons. The number of nitrogens with one attached hydrogen (secondary N) is 2. The quantitative estimate of drug-likeness (QED) is 0.632. The van der Waals surface area contributed by atoms with Crippen molar-refractivity contribution in [3.63, 3.8) is 0 Å². The van der Waals surface area contributed by atoms with Crippen molar-refractivity contribution < 1.29 is 14.3 Å². The molecule has 0 aliphatic carbocycles. The average molecular weight is 399 g/mol. The molecule has 0 aliphatic heterocycles. The lowest BCUT2D eigenvalue weighted by Crippen LogP contribution is -2.26. The Hall–Kier alpha value is -4.11. The standard InChI is InChI=1S/C24H21N3O3/c1-30-22-11-3-2-7-18(22)12-13-26-23(28)19-8-5-9-20(15-19)24(29)27-21-10-4-6-17(14-21)16-25/h2-11,14-15H,12-13H2,1H3,(H,26,28)(H,27,29). The molecule has 0 atom stereocenters. The molecule has 3 aromatic carbocycles. The molecule has 0 unspecified atom stereocenters. The first-order chi connectivity index (χ1) is 14.6. The Morgan fingerprint density at radius 1 is 0.933 bits per heavy atom. The molecule has 2 amide bonds. The van der Waals surface area contributed by atoms with Crippen LogP contribution in [0.3, 0.4) is 0 Å². The number of ether oxygens (including phenoxy) is 1. The van der Waals surface area contributed by atoms with Gasteiger partial charge in [0, 0.05) is 23.4 Å². The average Bonchev–Trinajstić information content (AvgIpc) is 2.79. The van der Waals surface area contributed by atoms with Crippen LogP contribution in [0.5, 0.6) is 5.75 Å². The Morgan fingerprint density at radius 2 is 1.67 bits per heavy atom. The van der Waals surface area contributed by atoms with Crippen LogP contribution in [0.15, 0.2) is 72.8 Å². The molecule has 6 heteroatoms. The second-order valence-electron chi connectivity index (χ2n) is 6.55. The maximum atomic E-state index is 12.5. The number of para-hydroxylation sites is 1. The number of nitriles is 1. The van der Waals surface area contributed by atoms with E-state index in [-0.39, 0.29) is 11.8 Å². The van der Waals surface area contributed by atoms with Gasteiger partial charge in [-0.05, 0) is 54.4 Å². The highest BCUT2D eigenvalue weighted by atomic mass is 16.5. The van der Waals surface area contributed by atoms with Gasteiger partial charge in [-0.2, -0.15) is 5.26 Å². The smallest absolute Gasteiger partial charge is 0.255 e. The summed E-state index contributed by atoms with van der Waals surface area (Å²) in [5.41, 5.74) is 2.73. The van der Waals surface area contributed by atoms with Gasteiger partial charge >= 0.3 is 0 Å². The van der Waals surface area contributed by atoms with E-state index < -0.39 is 0 Å². The summed E-state index contributed by atoms with van der Waals surface area (Å²) in [4.78, 5) is 25.0. The third-order valence-corrected chi connectivity index (χ3v) is 4.51. The second kappa shape index (κ2) is 9.89. The van der Waals surface area contributed by atoms with Gasteiger partial charge in [0.1, 0.15) is 5.75 Å². The minimum Gasteiger partial charge on any atom is -0.496 e. The molecule has 6 nitrogen and oxygen atoms in total. The van der Waals surface area contributed by atoms with Crippen LogP contribution in [-0.4, -0.2) is 25.5 Å². The molecule has 0 aliphatic rings. The minimum absolute atomic E-state index is 0.258. The van der Waals surface area contributed by atoms with E-state index in [1.54, 1.807) is 55.6 Å². The predicted octanol–water partition coefficient (Wildman–Crippen LogP) is 3.79. The molecule has 0 spiro atoms. The fraction of sp³-hybridized carbons (Fsp3) is 0.125. The number of carbonyl (C=O) groups is 2. The van der Waals surface area contributed by atoms with E-state index in [9.17, 15) is 9.59 Å². The van der Waals surface area contributed by atoms with Crippen molar-refractivity contribution in [3.8, 4) is 11.8 Å². The molecule has 0 saturated heterocycles. The molecule has 2 N–H and O–H groups in total. The summed E-state index contributed by atoms with van der Waals surface area (Å²) in [5, 5.41) is 14.6. The summed E-state index contributed by atoms with van der Waals surface area (Å²) < 4.78 is 5.32. The normalized spacial score (nSPS) is 10.0. The number of amides is 2. The van der Waals surface area contributed by atoms with Gasteiger partial charge in [0.2, 0.25) is 0 Å². The lowest BCUT2D eigenvalue weighted by molar-refractivity contribution is 0.0954. The number of methoxy groups -OCH3 is 1. The Bertz CT molecular complexity index is 1100. The van der Waals surface area contributed by atoms with Gasteiger partial charge < -0.3 is 15.4 Å². The largest absolute Gasteiger partial charge is 0.496 e. The SMILES string of the molecule is COc1ccccc1CCNC(=O)c1cccc(C(=O)Nc2cccc(C#N)c2)c1. The van der Waals surface area contributed by atoms with Crippen molar-refractivity contribution in [2.45, 2.75) is 6.42 Å². The molecule has 0 radical (unpaired) electrons. The maximum absolute atomic E-state index is 12.5. The molecule has 0 heterocycles. The molecular formula is C24H21N3O3. The summed E-state index contributed by atoms with van der Waals surface area (Å²) in [6.07, 6.45) is 0.630. The first kappa shape index (κ1) is 20.6. The van der Waals surface area contributed by atoms with Gasteiger partial charge in [0.05, 0.1) is 18.7 Å². The summed E-state index contributed by atoms with van der Waals surface area (Å²) in [6.45, 7) is 0.441. The number of hydrogen-bond donors (Lipinski definition) is 2. The molecule has 30 heavy (non-hydrogen) atoms. The molecule has 0 fully saturated rings. The minimum atomic E-state index is -0.353. The van der Waals surface area contributed by atoms with Gasteiger partial charge in [-0.3, -0.25) is 9.59 Å². The van der Waals surface area contributed by atoms with Crippen LogP contribution < -0.4 is 15.4 Å². The van der Waals surface area contributed by atoms with Crippen molar-refractivity contribution in [1.82, 2.24) is 5.32 Å². The van der Waals surface area contributed by atoms with Crippen molar-refractivity contribution >= 4 is 17.5 Å². The van der Waals surface area contributed by atoms with Crippen LogP contribution in [0.2, 0.25) is 0 Å². The zero-order valence-corrected chi connectivity index (χ0v) is 16.5. The number of nitrogens with zero attached hydrogens (tertiary/aromatic N) is 1. The van der Waals surface area contributed by atoms with Gasteiger partial charge in [0.25, 0.3) is 11.8 Å². The van der Waals surface area contributed by atoms with Crippen molar-refractivity contribution in [2.75, 3.05) is 19.0 Å². The van der Waals surface area contributed by atoms with E-state index in [2.05, 4.69) is 10.6 Å². The van der Waals surface area contributed by atoms with E-state index >= 15 is 0 Å². The number of hydrogen-bond acceptors (Lipinski definition) is 4. The van der Waals surface area contributed by atoms with E-state index in [1.807, 2.05) is 30.3 Å². The zero-order valence-electron chi connectivity index (χ0n) is 16.5. The predicted molar refractivity (Wildman–Crippen MR) is 115 cm³/mol. The van der Waals surface area contributed by atoms with E-state index in [1.165, 1.54) is 0 Å². The van der Waals surface area contributed by atoms with Gasteiger partial charge in [-0.25, -0.2) is 0 Å². The second-order valence-corrected chi connectivity index (χ2v) is 6.55. The topological polar surface area (TPSA) is 91.2 Å². The number of rotatable bonds is 7. The molecule has 0 saturated carbocycles. The number of benzene rings is 3. The highest BCUT2D eigenvalue weighted by molar-refractivity contribution is 6.06. The Morgan fingerprint density at radius 3 is 2.43 bits per heavy atom. The first-order valence-corrected chi connectivity index (χ1v) is 9.42. The fourth-order valence-electron chi connectivity index (χ4n) is 2.99. The monoisotopic (exact) mass is 399 g/mol. The molecular weight excluding hydrogens is 378 g/mol. The lowest BCUT2D eigenvalue weighted by atomic mass is 10.1. The molecule has 0 aromatic heterocycles. The Kier molecular flexibility index (Phi) is 6.80.